The van der Waals surface area contributed by atoms with Crippen LogP contribution in [0.4, 0.5) is 5.82 Å². The molecule has 0 radical (unpaired) electrons. The van der Waals surface area contributed by atoms with Gasteiger partial charge in [0.1, 0.15) is 11.6 Å². The van der Waals surface area contributed by atoms with Crippen LogP contribution in [0.2, 0.25) is 0 Å². The Labute approximate surface area is 257 Å². The number of nitrogens with zero attached hydrogens (tertiary/aromatic N) is 3. The number of aromatic nitrogens is 1. The standard InChI is InChI=1S/C16H20ClN3O2.C15H23NO2.C2H6/c1-11(17)6-7-12(2)22-15-5-3-4-14(19-15)20-9-8-13(10-20)16(18)21;1-17-14-8-7-13(12-15(14)18-2)6-5-11-16-9-3-4-10-16;1-2/h3-7,13H,8-10H2,1-2H3,(H2,18,21);7-8,12H,3-6,9-11H2,1-2H3;1-2H3/b11-6+,12-7+;;. The highest BCUT2D eigenvalue weighted by Crippen LogP contribution is 2.28. The van der Waals surface area contributed by atoms with Crippen molar-refractivity contribution >= 4 is 23.3 Å². The van der Waals surface area contributed by atoms with Crippen molar-refractivity contribution in [2.24, 2.45) is 11.7 Å². The Balaban J connectivity index is 0.000000282. The number of primary amides is 1. The fourth-order valence-corrected chi connectivity index (χ4v) is 4.88. The third-order valence-corrected chi connectivity index (χ3v) is 7.15. The van der Waals surface area contributed by atoms with E-state index in [1.54, 1.807) is 39.4 Å². The molecule has 2 fully saturated rings. The van der Waals surface area contributed by atoms with Crippen LogP contribution >= 0.6 is 11.6 Å². The number of benzene rings is 1. The third-order valence-electron chi connectivity index (χ3n) is 7.02. The van der Waals surface area contributed by atoms with Gasteiger partial charge in [0.25, 0.3) is 0 Å². The molecular weight excluding hydrogens is 552 g/mol. The second kappa shape index (κ2) is 19.1. The number of methoxy groups -OCH3 is 2. The van der Waals surface area contributed by atoms with Gasteiger partial charge in [-0.25, -0.2) is 0 Å². The van der Waals surface area contributed by atoms with Crippen LogP contribution in [-0.4, -0.2) is 62.7 Å². The Hall–Kier alpha value is -3.23. The molecule has 232 valence electrons. The summed E-state index contributed by atoms with van der Waals surface area (Å²) in [6, 6.07) is 11.8. The molecule has 9 heteroatoms. The van der Waals surface area contributed by atoms with Crippen molar-refractivity contribution < 1.29 is 19.0 Å². The number of hydrogen-bond donors (Lipinski definition) is 1. The minimum Gasteiger partial charge on any atom is -0.493 e. The first-order chi connectivity index (χ1) is 20.3. The number of likely N-dealkylation sites (tertiary alicyclic amines) is 1. The highest BCUT2D eigenvalue weighted by molar-refractivity contribution is 6.29. The minimum absolute atomic E-state index is 0.107. The molecule has 0 aliphatic carbocycles. The number of carbonyl (C=O) groups is 1. The molecule has 0 spiro atoms. The van der Waals surface area contributed by atoms with Crippen molar-refractivity contribution in [3.63, 3.8) is 0 Å². The fraction of sp³-hybridized carbons (Fsp3) is 0.515. The number of amides is 1. The summed E-state index contributed by atoms with van der Waals surface area (Å²) in [5.41, 5.74) is 6.68. The van der Waals surface area contributed by atoms with Crippen LogP contribution < -0.4 is 24.8 Å². The summed E-state index contributed by atoms with van der Waals surface area (Å²) in [5.74, 6) is 3.27. The molecule has 1 amide bonds. The number of allylic oxidation sites excluding steroid dienone is 4. The molecule has 2 aliphatic rings. The van der Waals surface area contributed by atoms with Crippen molar-refractivity contribution in [1.29, 1.82) is 0 Å². The Kier molecular flexibility index (Phi) is 15.9. The van der Waals surface area contributed by atoms with Gasteiger partial charge in [0.05, 0.1) is 20.1 Å². The number of anilines is 1. The van der Waals surface area contributed by atoms with Crippen molar-refractivity contribution in [3.05, 3.63) is 64.9 Å². The second-order valence-electron chi connectivity index (χ2n) is 10.1. The van der Waals surface area contributed by atoms with Gasteiger partial charge >= 0.3 is 0 Å². The first-order valence-corrected chi connectivity index (χ1v) is 15.3. The van der Waals surface area contributed by atoms with Crippen LogP contribution in [0.1, 0.15) is 58.9 Å². The number of rotatable bonds is 11. The van der Waals surface area contributed by atoms with Crippen LogP contribution in [0.5, 0.6) is 17.4 Å². The summed E-state index contributed by atoms with van der Waals surface area (Å²) in [5, 5.41) is 0.680. The normalized spacial score (nSPS) is 17.1. The Bertz CT molecular complexity index is 1160. The van der Waals surface area contributed by atoms with Crippen molar-refractivity contribution in [1.82, 2.24) is 9.88 Å². The van der Waals surface area contributed by atoms with Gasteiger partial charge in [0, 0.05) is 24.2 Å². The van der Waals surface area contributed by atoms with E-state index in [0.29, 0.717) is 23.2 Å². The molecule has 2 aromatic rings. The van der Waals surface area contributed by atoms with E-state index >= 15 is 0 Å². The van der Waals surface area contributed by atoms with Gasteiger partial charge in [-0.15, -0.1) is 0 Å². The van der Waals surface area contributed by atoms with Gasteiger partial charge in [-0.3, -0.25) is 4.79 Å². The fourth-order valence-electron chi connectivity index (χ4n) is 4.82. The molecule has 42 heavy (non-hydrogen) atoms. The van der Waals surface area contributed by atoms with Crippen molar-refractivity contribution in [3.8, 4) is 17.4 Å². The smallest absolute Gasteiger partial charge is 0.222 e. The molecule has 2 saturated heterocycles. The summed E-state index contributed by atoms with van der Waals surface area (Å²) < 4.78 is 16.2. The SMILES string of the molecule is C/C(Cl)=C\C=C(/C)Oc1cccc(N2CCC(C(N)=O)C2)n1.CC.COc1ccc(CCCN2CCCC2)cc1OC. The predicted molar refractivity (Wildman–Crippen MR) is 173 cm³/mol. The topological polar surface area (TPSA) is 90.2 Å². The van der Waals surface area contributed by atoms with Crippen LogP contribution in [-0.2, 0) is 11.2 Å². The van der Waals surface area contributed by atoms with E-state index < -0.39 is 0 Å². The molecule has 4 rings (SSSR count). The molecule has 2 aliphatic heterocycles. The molecule has 0 saturated carbocycles. The Morgan fingerprint density at radius 1 is 1.05 bits per heavy atom. The van der Waals surface area contributed by atoms with Gasteiger partial charge in [0.15, 0.2) is 11.5 Å². The summed E-state index contributed by atoms with van der Waals surface area (Å²) >= 11 is 5.78. The largest absolute Gasteiger partial charge is 0.493 e. The van der Waals surface area contributed by atoms with E-state index in [4.69, 9.17) is 31.5 Å². The van der Waals surface area contributed by atoms with Crippen molar-refractivity contribution in [2.45, 2.75) is 59.8 Å². The molecule has 8 nitrogen and oxygen atoms in total. The lowest BCUT2D eigenvalue weighted by molar-refractivity contribution is -0.121. The van der Waals surface area contributed by atoms with E-state index in [-0.39, 0.29) is 11.8 Å². The molecule has 0 bridgehead atoms. The number of aryl methyl sites for hydroxylation is 1. The number of halogens is 1. The number of nitrogens with two attached hydrogens (primary N) is 1. The maximum atomic E-state index is 11.2. The Morgan fingerprint density at radius 2 is 1.76 bits per heavy atom. The molecule has 3 heterocycles. The van der Waals surface area contributed by atoms with Gasteiger partial charge in [-0.05, 0) is 102 Å². The quantitative estimate of drug-likeness (QED) is 0.230. The molecule has 1 atom stereocenters. The summed E-state index contributed by atoms with van der Waals surface area (Å²) in [6.45, 7) is 12.8. The van der Waals surface area contributed by atoms with Gasteiger partial charge < -0.3 is 29.7 Å². The molecule has 1 aromatic heterocycles. The van der Waals surface area contributed by atoms with Gasteiger partial charge in [-0.1, -0.05) is 37.6 Å². The molecule has 1 unspecified atom stereocenters. The van der Waals surface area contributed by atoms with Crippen LogP contribution in [0.15, 0.2) is 59.3 Å². The minimum atomic E-state index is -0.253. The zero-order valence-electron chi connectivity index (χ0n) is 26.2. The highest BCUT2D eigenvalue weighted by Gasteiger charge is 2.27. The number of carbonyl (C=O) groups excluding carboxylic acids is 1. The lowest BCUT2D eigenvalue weighted by atomic mass is 10.1. The second-order valence-corrected chi connectivity index (χ2v) is 10.7. The molecule has 2 N–H and O–H groups in total. The number of hydrogen-bond acceptors (Lipinski definition) is 7. The summed E-state index contributed by atoms with van der Waals surface area (Å²) in [7, 11) is 3.36. The van der Waals surface area contributed by atoms with Crippen LogP contribution in [0.25, 0.3) is 0 Å². The maximum Gasteiger partial charge on any atom is 0.222 e. The van der Waals surface area contributed by atoms with Crippen molar-refractivity contribution in [2.75, 3.05) is 51.8 Å². The Morgan fingerprint density at radius 3 is 2.38 bits per heavy atom. The third kappa shape index (κ3) is 11.9. The zero-order chi connectivity index (χ0) is 30.9. The van der Waals surface area contributed by atoms with Crippen LogP contribution in [0, 0.1) is 5.92 Å². The average molecular weight is 601 g/mol. The van der Waals surface area contributed by atoms with E-state index in [2.05, 4.69) is 22.0 Å². The average Bonchev–Trinajstić information content (AvgIpc) is 3.71. The number of ether oxygens (including phenoxy) is 3. The van der Waals surface area contributed by atoms with Gasteiger partial charge in [-0.2, -0.15) is 4.98 Å². The molecular formula is C33H49ClN4O4. The van der Waals surface area contributed by atoms with Crippen LogP contribution in [0.3, 0.4) is 0 Å². The lowest BCUT2D eigenvalue weighted by Gasteiger charge is -2.17. The number of pyridine rings is 1. The van der Waals surface area contributed by atoms with E-state index in [9.17, 15) is 4.79 Å². The van der Waals surface area contributed by atoms with E-state index in [1.165, 1.54) is 44.5 Å². The summed E-state index contributed by atoms with van der Waals surface area (Å²) in [4.78, 5) is 20.3. The van der Waals surface area contributed by atoms with E-state index in [1.807, 2.05) is 43.9 Å². The van der Waals surface area contributed by atoms with E-state index in [0.717, 1.165) is 36.7 Å². The molecule has 1 aromatic carbocycles. The maximum absolute atomic E-state index is 11.2. The highest BCUT2D eigenvalue weighted by atomic mass is 35.5. The zero-order valence-corrected chi connectivity index (χ0v) is 27.0. The monoisotopic (exact) mass is 600 g/mol. The first kappa shape index (κ1) is 35.0. The predicted octanol–water partition coefficient (Wildman–Crippen LogP) is 6.58. The first-order valence-electron chi connectivity index (χ1n) is 14.9. The van der Waals surface area contributed by atoms with Gasteiger partial charge in [0.2, 0.25) is 11.8 Å². The summed E-state index contributed by atoms with van der Waals surface area (Å²) in [6.07, 6.45) is 9.38. The lowest BCUT2D eigenvalue weighted by Crippen LogP contribution is -2.27.